The highest BCUT2D eigenvalue weighted by molar-refractivity contribution is 5.70. The molecule has 0 fully saturated rings. The topological polar surface area (TPSA) is 20.2 Å². The van der Waals surface area contributed by atoms with Crippen molar-refractivity contribution in [3.05, 3.63) is 47.5 Å². The van der Waals surface area contributed by atoms with Gasteiger partial charge in [-0.3, -0.25) is 0 Å². The third kappa shape index (κ3) is 1.64. The normalized spacial score (nSPS) is 10.7. The third-order valence-electron chi connectivity index (χ3n) is 2.54. The lowest BCUT2D eigenvalue weighted by Crippen LogP contribution is -1.88. The van der Waals surface area contributed by atoms with Gasteiger partial charge in [0.1, 0.15) is 0 Å². The predicted molar refractivity (Wildman–Crippen MR) is 58.6 cm³/mol. The molecule has 0 aromatic carbocycles. The molecule has 0 aliphatic heterocycles. The zero-order chi connectivity index (χ0) is 9.97. The van der Waals surface area contributed by atoms with Gasteiger partial charge in [0.25, 0.3) is 0 Å². The molecular weight excluding hydrogens is 172 g/mol. The Labute approximate surface area is 84.4 Å². The van der Waals surface area contributed by atoms with Crippen molar-refractivity contribution in [3.63, 3.8) is 0 Å². The van der Waals surface area contributed by atoms with E-state index in [1.165, 1.54) is 22.3 Å². The van der Waals surface area contributed by atoms with Crippen LogP contribution in [0.4, 0.5) is 0 Å². The van der Waals surface area contributed by atoms with Gasteiger partial charge in [0.05, 0.1) is 0 Å². The Balaban J connectivity index is 2.51. The average Bonchev–Trinajstić information content (AvgIpc) is 2.45. The van der Waals surface area contributed by atoms with E-state index in [4.69, 9.17) is 5.11 Å². The number of rotatable bonds is 2. The molecule has 14 heavy (non-hydrogen) atoms. The van der Waals surface area contributed by atoms with E-state index in [-0.39, 0.29) is 6.61 Å². The first kappa shape index (κ1) is 9.22. The summed E-state index contributed by atoms with van der Waals surface area (Å²) in [6.45, 7) is 2.31. The largest absolute Gasteiger partial charge is 0.396 e. The molecule has 1 nitrogen and oxygen atoms in total. The van der Waals surface area contributed by atoms with Crippen molar-refractivity contribution in [3.8, 4) is 11.1 Å². The van der Waals surface area contributed by atoms with E-state index in [0.29, 0.717) is 0 Å². The number of aliphatic hydroxyl groups is 1. The van der Waals surface area contributed by atoms with Crippen LogP contribution in [0.25, 0.3) is 11.1 Å². The van der Waals surface area contributed by atoms with Gasteiger partial charge in [-0.2, -0.15) is 0 Å². The Morgan fingerprint density at radius 3 is 2.50 bits per heavy atom. The van der Waals surface area contributed by atoms with Crippen molar-refractivity contribution < 1.29 is 5.11 Å². The van der Waals surface area contributed by atoms with E-state index >= 15 is 0 Å². The zero-order valence-corrected chi connectivity index (χ0v) is 8.33. The van der Waals surface area contributed by atoms with E-state index in [0.717, 1.165) is 6.42 Å². The monoisotopic (exact) mass is 186 g/mol. The maximum atomic E-state index is 8.91. The smallest absolute Gasteiger partial charge is 0.0471 e. The van der Waals surface area contributed by atoms with Gasteiger partial charge in [-0.05, 0) is 30.0 Å². The maximum absolute atomic E-state index is 8.91. The van der Waals surface area contributed by atoms with Gasteiger partial charge < -0.3 is 5.11 Å². The fourth-order valence-corrected chi connectivity index (χ4v) is 1.73. The van der Waals surface area contributed by atoms with Gasteiger partial charge in [0.15, 0.2) is 0 Å². The van der Waals surface area contributed by atoms with Crippen LogP contribution < -0.4 is 0 Å². The van der Waals surface area contributed by atoms with Crippen LogP contribution in [0.15, 0.2) is 36.4 Å². The molecule has 0 saturated carbocycles. The van der Waals surface area contributed by atoms with Crippen LogP contribution in [0.1, 0.15) is 11.1 Å². The summed E-state index contributed by atoms with van der Waals surface area (Å²) in [6, 6.07) is 12.7. The highest BCUT2D eigenvalue weighted by Gasteiger charge is 2.06. The standard InChI is InChI=1S/C13H14O/c1-10-2-4-11-5-6-12(8-9-14)13(11)7-3-10/h2-7,14H,8-9H2,1H3. The molecule has 0 radical (unpaired) electrons. The molecule has 2 aliphatic rings. The molecule has 0 atom stereocenters. The molecule has 2 aliphatic carbocycles. The first-order valence-electron chi connectivity index (χ1n) is 4.90. The lowest BCUT2D eigenvalue weighted by Gasteiger charge is -1.97. The maximum Gasteiger partial charge on any atom is 0.0471 e. The SMILES string of the molecule is Cc1ccc2ccc(CCO)c-2cc1. The molecular formula is C13H14O. The number of hydrogen-bond acceptors (Lipinski definition) is 1. The van der Waals surface area contributed by atoms with Gasteiger partial charge in [-0.1, -0.05) is 42.0 Å². The second-order valence-electron chi connectivity index (χ2n) is 3.61. The van der Waals surface area contributed by atoms with Crippen molar-refractivity contribution in [1.29, 1.82) is 0 Å². The second kappa shape index (κ2) is 3.81. The lowest BCUT2D eigenvalue weighted by molar-refractivity contribution is 0.300. The summed E-state index contributed by atoms with van der Waals surface area (Å²) in [5.74, 6) is 0. The summed E-state index contributed by atoms with van der Waals surface area (Å²) in [4.78, 5) is 0. The van der Waals surface area contributed by atoms with E-state index in [9.17, 15) is 0 Å². The minimum atomic E-state index is 0.219. The fourth-order valence-electron chi connectivity index (χ4n) is 1.73. The van der Waals surface area contributed by atoms with Crippen LogP contribution >= 0.6 is 0 Å². The Hall–Kier alpha value is -1.34. The highest BCUT2D eigenvalue weighted by atomic mass is 16.2. The van der Waals surface area contributed by atoms with Crippen LogP contribution in [0.2, 0.25) is 0 Å². The molecule has 0 spiro atoms. The molecule has 0 bridgehead atoms. The highest BCUT2D eigenvalue weighted by Crippen LogP contribution is 2.27. The molecule has 0 heterocycles. The van der Waals surface area contributed by atoms with E-state index in [1.807, 2.05) is 0 Å². The van der Waals surface area contributed by atoms with Gasteiger partial charge in [0.2, 0.25) is 0 Å². The first-order chi connectivity index (χ1) is 6.81. The Morgan fingerprint density at radius 2 is 1.71 bits per heavy atom. The molecule has 0 amide bonds. The molecule has 2 rings (SSSR count). The molecule has 0 aromatic heterocycles. The molecule has 0 unspecified atom stereocenters. The number of fused-ring (bicyclic) bond motifs is 1. The number of aryl methyl sites for hydroxylation is 1. The molecule has 1 N–H and O–H groups in total. The van der Waals surface area contributed by atoms with Crippen LogP contribution in [-0.2, 0) is 6.42 Å². The van der Waals surface area contributed by atoms with Crippen molar-refractivity contribution in [1.82, 2.24) is 0 Å². The molecule has 0 saturated heterocycles. The van der Waals surface area contributed by atoms with Gasteiger partial charge in [-0.25, -0.2) is 0 Å². The first-order valence-corrected chi connectivity index (χ1v) is 4.90. The van der Waals surface area contributed by atoms with Gasteiger partial charge in [-0.15, -0.1) is 0 Å². The van der Waals surface area contributed by atoms with Crippen LogP contribution in [0, 0.1) is 6.92 Å². The molecule has 72 valence electrons. The number of aliphatic hydroxyl groups excluding tert-OH is 1. The second-order valence-corrected chi connectivity index (χ2v) is 3.61. The summed E-state index contributed by atoms with van der Waals surface area (Å²) >= 11 is 0. The lowest BCUT2D eigenvalue weighted by atomic mass is 10.1. The summed E-state index contributed by atoms with van der Waals surface area (Å²) in [5, 5.41) is 8.91. The Morgan fingerprint density at radius 1 is 1.00 bits per heavy atom. The van der Waals surface area contributed by atoms with E-state index in [1.54, 1.807) is 0 Å². The summed E-state index contributed by atoms with van der Waals surface area (Å²) in [6.07, 6.45) is 0.743. The third-order valence-corrected chi connectivity index (χ3v) is 2.54. The van der Waals surface area contributed by atoms with Crippen LogP contribution in [-0.4, -0.2) is 11.7 Å². The van der Waals surface area contributed by atoms with Gasteiger partial charge in [0, 0.05) is 6.61 Å². The van der Waals surface area contributed by atoms with Crippen molar-refractivity contribution in [2.45, 2.75) is 13.3 Å². The van der Waals surface area contributed by atoms with Crippen molar-refractivity contribution in [2.24, 2.45) is 0 Å². The quantitative estimate of drug-likeness (QED) is 0.764. The van der Waals surface area contributed by atoms with Crippen LogP contribution in [0.3, 0.4) is 0 Å². The van der Waals surface area contributed by atoms with Crippen molar-refractivity contribution >= 4 is 0 Å². The molecule has 0 aromatic rings. The Kier molecular flexibility index (Phi) is 2.51. The Bertz CT molecular complexity index is 406. The minimum absolute atomic E-state index is 0.219. The van der Waals surface area contributed by atoms with Crippen LogP contribution in [0.5, 0.6) is 0 Å². The number of hydrogen-bond donors (Lipinski definition) is 1. The summed E-state index contributed by atoms with van der Waals surface area (Å²) in [7, 11) is 0. The fraction of sp³-hybridized carbons (Fsp3) is 0.231. The van der Waals surface area contributed by atoms with E-state index in [2.05, 4.69) is 43.3 Å². The summed E-state index contributed by atoms with van der Waals surface area (Å²) in [5.41, 5.74) is 5.00. The van der Waals surface area contributed by atoms with E-state index < -0.39 is 0 Å². The summed E-state index contributed by atoms with van der Waals surface area (Å²) < 4.78 is 0. The minimum Gasteiger partial charge on any atom is -0.396 e. The molecule has 1 heteroatoms. The zero-order valence-electron chi connectivity index (χ0n) is 8.33. The van der Waals surface area contributed by atoms with Crippen molar-refractivity contribution in [2.75, 3.05) is 6.61 Å². The van der Waals surface area contributed by atoms with Gasteiger partial charge >= 0.3 is 0 Å². The predicted octanol–water partition coefficient (Wildman–Crippen LogP) is 2.63. The average molecular weight is 186 g/mol.